The van der Waals surface area contributed by atoms with Gasteiger partial charge < -0.3 is 10.4 Å². The van der Waals surface area contributed by atoms with Crippen molar-refractivity contribution in [3.8, 4) is 0 Å². The van der Waals surface area contributed by atoms with E-state index < -0.39 is 0 Å². The van der Waals surface area contributed by atoms with Crippen LogP contribution in [0.1, 0.15) is 28.4 Å². The second-order valence-corrected chi connectivity index (χ2v) is 4.46. The molecule has 19 heavy (non-hydrogen) atoms. The van der Waals surface area contributed by atoms with Crippen molar-refractivity contribution in [3.05, 3.63) is 65.2 Å². The molecular weight excluding hydrogens is 238 g/mol. The van der Waals surface area contributed by atoms with Crippen LogP contribution in [0.25, 0.3) is 0 Å². The number of Topliss-reactive ketones (excluding diaryl/α,β-unsaturated/α-hetero) is 1. The van der Waals surface area contributed by atoms with Crippen molar-refractivity contribution in [2.75, 3.05) is 5.32 Å². The normalized spacial score (nSPS) is 10.2. The van der Waals surface area contributed by atoms with Gasteiger partial charge in [0.1, 0.15) is 0 Å². The smallest absolute Gasteiger partial charge is 0.159 e. The Bertz CT molecular complexity index is 544. The Labute approximate surface area is 112 Å². The molecule has 98 valence electrons. The van der Waals surface area contributed by atoms with Crippen molar-refractivity contribution >= 4 is 11.5 Å². The second kappa shape index (κ2) is 6.16. The van der Waals surface area contributed by atoms with Crippen LogP contribution in [-0.4, -0.2) is 10.9 Å². The number of anilines is 1. The molecule has 2 N–H and O–H groups in total. The van der Waals surface area contributed by atoms with Crippen molar-refractivity contribution in [2.45, 2.75) is 20.1 Å². The van der Waals surface area contributed by atoms with Gasteiger partial charge in [0.15, 0.2) is 5.78 Å². The lowest BCUT2D eigenvalue weighted by atomic mass is 10.1. The van der Waals surface area contributed by atoms with E-state index in [0.717, 1.165) is 22.4 Å². The fourth-order valence-corrected chi connectivity index (χ4v) is 1.79. The molecule has 0 aliphatic rings. The van der Waals surface area contributed by atoms with Gasteiger partial charge in [-0.1, -0.05) is 24.3 Å². The molecule has 3 heteroatoms. The van der Waals surface area contributed by atoms with Crippen LogP contribution in [0.4, 0.5) is 5.69 Å². The molecule has 0 aromatic heterocycles. The van der Waals surface area contributed by atoms with Crippen LogP contribution < -0.4 is 5.32 Å². The Morgan fingerprint density at radius 2 is 1.58 bits per heavy atom. The Morgan fingerprint density at radius 3 is 2.11 bits per heavy atom. The Balaban J connectivity index is 1.95. The van der Waals surface area contributed by atoms with Crippen molar-refractivity contribution in [1.29, 1.82) is 0 Å². The highest BCUT2D eigenvalue weighted by Gasteiger charge is 1.99. The van der Waals surface area contributed by atoms with Gasteiger partial charge in [-0.15, -0.1) is 0 Å². The van der Waals surface area contributed by atoms with Gasteiger partial charge in [-0.2, -0.15) is 0 Å². The van der Waals surface area contributed by atoms with Crippen LogP contribution in [0, 0.1) is 0 Å². The number of hydrogen-bond acceptors (Lipinski definition) is 3. The molecule has 2 aromatic rings. The number of nitrogens with one attached hydrogen (secondary N) is 1. The molecule has 0 radical (unpaired) electrons. The van der Waals surface area contributed by atoms with E-state index in [1.54, 1.807) is 6.92 Å². The van der Waals surface area contributed by atoms with E-state index in [1.165, 1.54) is 0 Å². The molecule has 2 aromatic carbocycles. The zero-order valence-electron chi connectivity index (χ0n) is 10.9. The average molecular weight is 255 g/mol. The molecule has 0 aliphatic heterocycles. The predicted molar refractivity (Wildman–Crippen MR) is 76.1 cm³/mol. The average Bonchev–Trinajstić information content (AvgIpc) is 2.46. The van der Waals surface area contributed by atoms with Crippen LogP contribution in [0.5, 0.6) is 0 Å². The lowest BCUT2D eigenvalue weighted by Gasteiger charge is -2.07. The third-order valence-electron chi connectivity index (χ3n) is 2.99. The standard InChI is InChI=1S/C16H17NO2/c1-12(19)15-6-8-16(9-7-15)17-10-13-2-4-14(11-18)5-3-13/h2-9,17-18H,10-11H2,1H3. The van der Waals surface area contributed by atoms with Crippen LogP contribution in [0.2, 0.25) is 0 Å². The van der Waals surface area contributed by atoms with Gasteiger partial charge in [-0.05, 0) is 42.3 Å². The maximum atomic E-state index is 11.2. The van der Waals surface area contributed by atoms with Crippen LogP contribution in [-0.2, 0) is 13.2 Å². The number of carbonyl (C=O) groups is 1. The van der Waals surface area contributed by atoms with Gasteiger partial charge in [0.05, 0.1) is 6.61 Å². The summed E-state index contributed by atoms with van der Waals surface area (Å²) < 4.78 is 0. The Morgan fingerprint density at radius 1 is 1.00 bits per heavy atom. The van der Waals surface area contributed by atoms with E-state index in [4.69, 9.17) is 5.11 Å². The van der Waals surface area contributed by atoms with Crippen LogP contribution in [0.15, 0.2) is 48.5 Å². The van der Waals surface area contributed by atoms with Gasteiger partial charge in [-0.3, -0.25) is 4.79 Å². The minimum atomic E-state index is 0.0697. The predicted octanol–water partition coefficient (Wildman–Crippen LogP) is 2.99. The number of rotatable bonds is 5. The first kappa shape index (κ1) is 13.3. The van der Waals surface area contributed by atoms with E-state index in [0.29, 0.717) is 6.54 Å². The molecule has 0 amide bonds. The number of ketones is 1. The SMILES string of the molecule is CC(=O)c1ccc(NCc2ccc(CO)cc2)cc1. The summed E-state index contributed by atoms with van der Waals surface area (Å²) in [6, 6.07) is 15.2. The van der Waals surface area contributed by atoms with Gasteiger partial charge in [0.25, 0.3) is 0 Å². The number of benzene rings is 2. The highest BCUT2D eigenvalue weighted by atomic mass is 16.3. The zero-order valence-corrected chi connectivity index (χ0v) is 10.9. The first-order chi connectivity index (χ1) is 9.19. The van der Waals surface area contributed by atoms with Gasteiger partial charge >= 0.3 is 0 Å². The summed E-state index contributed by atoms with van der Waals surface area (Å²) in [6.07, 6.45) is 0. The molecule has 0 saturated heterocycles. The topological polar surface area (TPSA) is 49.3 Å². The molecule has 0 heterocycles. The van der Waals surface area contributed by atoms with Gasteiger partial charge in [-0.25, -0.2) is 0 Å². The highest BCUT2D eigenvalue weighted by molar-refractivity contribution is 5.94. The summed E-state index contributed by atoms with van der Waals surface area (Å²) in [4.78, 5) is 11.2. The maximum Gasteiger partial charge on any atom is 0.159 e. The summed E-state index contributed by atoms with van der Waals surface area (Å²) in [5, 5.41) is 12.3. The molecule has 3 nitrogen and oxygen atoms in total. The summed E-state index contributed by atoms with van der Waals surface area (Å²) in [7, 11) is 0. The molecule has 0 saturated carbocycles. The van der Waals surface area contributed by atoms with Crippen LogP contribution >= 0.6 is 0 Å². The number of aliphatic hydroxyl groups is 1. The number of aliphatic hydroxyl groups excluding tert-OH is 1. The molecule has 0 bridgehead atoms. The van der Waals surface area contributed by atoms with Crippen molar-refractivity contribution in [1.82, 2.24) is 0 Å². The molecule has 0 aliphatic carbocycles. The minimum absolute atomic E-state index is 0.0697. The van der Waals surface area contributed by atoms with Gasteiger partial charge in [0, 0.05) is 17.8 Å². The van der Waals surface area contributed by atoms with Crippen molar-refractivity contribution in [2.24, 2.45) is 0 Å². The van der Waals surface area contributed by atoms with Crippen molar-refractivity contribution < 1.29 is 9.90 Å². The zero-order chi connectivity index (χ0) is 13.7. The monoisotopic (exact) mass is 255 g/mol. The number of hydrogen-bond donors (Lipinski definition) is 2. The van der Waals surface area contributed by atoms with E-state index in [2.05, 4.69) is 5.32 Å². The van der Waals surface area contributed by atoms with E-state index in [1.807, 2.05) is 48.5 Å². The fourth-order valence-electron chi connectivity index (χ4n) is 1.79. The highest BCUT2D eigenvalue weighted by Crippen LogP contribution is 2.12. The largest absolute Gasteiger partial charge is 0.392 e. The van der Waals surface area contributed by atoms with E-state index >= 15 is 0 Å². The Hall–Kier alpha value is -2.13. The molecule has 0 atom stereocenters. The van der Waals surface area contributed by atoms with Crippen LogP contribution in [0.3, 0.4) is 0 Å². The third kappa shape index (κ3) is 3.66. The minimum Gasteiger partial charge on any atom is -0.392 e. The molecular formula is C16H17NO2. The van der Waals surface area contributed by atoms with E-state index in [-0.39, 0.29) is 12.4 Å². The third-order valence-corrected chi connectivity index (χ3v) is 2.99. The quantitative estimate of drug-likeness (QED) is 0.807. The fraction of sp³-hybridized carbons (Fsp3) is 0.188. The van der Waals surface area contributed by atoms with Gasteiger partial charge in [0.2, 0.25) is 0 Å². The summed E-state index contributed by atoms with van der Waals surface area (Å²) in [6.45, 7) is 2.34. The summed E-state index contributed by atoms with van der Waals surface area (Å²) in [5.74, 6) is 0.0751. The maximum absolute atomic E-state index is 11.2. The first-order valence-electron chi connectivity index (χ1n) is 6.22. The molecule has 0 fully saturated rings. The molecule has 0 spiro atoms. The lowest BCUT2D eigenvalue weighted by molar-refractivity contribution is 0.101. The van der Waals surface area contributed by atoms with Crippen molar-refractivity contribution in [3.63, 3.8) is 0 Å². The summed E-state index contributed by atoms with van der Waals surface area (Å²) in [5.41, 5.74) is 3.76. The second-order valence-electron chi connectivity index (χ2n) is 4.46. The number of carbonyl (C=O) groups excluding carboxylic acids is 1. The Kier molecular flexibility index (Phi) is 4.31. The summed E-state index contributed by atoms with van der Waals surface area (Å²) >= 11 is 0. The van der Waals surface area contributed by atoms with E-state index in [9.17, 15) is 4.79 Å². The first-order valence-corrected chi connectivity index (χ1v) is 6.22. The lowest BCUT2D eigenvalue weighted by Crippen LogP contribution is -2.00. The molecule has 0 unspecified atom stereocenters. The molecule has 2 rings (SSSR count).